The van der Waals surface area contributed by atoms with E-state index in [0.717, 1.165) is 28.0 Å². The van der Waals surface area contributed by atoms with Gasteiger partial charge in [-0.05, 0) is 47.2 Å². The second-order valence-electron chi connectivity index (χ2n) is 8.43. The molecule has 3 aromatic rings. The Hall–Kier alpha value is -4.07. The van der Waals surface area contributed by atoms with E-state index in [2.05, 4.69) is 10.6 Å². The smallest absolute Gasteiger partial charge is 0.407 e. The normalized spacial score (nSPS) is 12.9. The highest BCUT2D eigenvalue weighted by molar-refractivity contribution is 5.81. The zero-order valence-corrected chi connectivity index (χ0v) is 19.2. The van der Waals surface area contributed by atoms with Gasteiger partial charge in [0.1, 0.15) is 18.4 Å². The molecule has 0 aliphatic heterocycles. The van der Waals surface area contributed by atoms with Gasteiger partial charge in [0.25, 0.3) is 0 Å². The van der Waals surface area contributed by atoms with Crippen molar-refractivity contribution in [2.45, 2.75) is 37.6 Å². The summed E-state index contributed by atoms with van der Waals surface area (Å²) in [5.41, 5.74) is 4.40. The number of hydrogen-bond donors (Lipinski definition) is 3. The van der Waals surface area contributed by atoms with Crippen LogP contribution in [0.5, 0.6) is 0 Å². The van der Waals surface area contributed by atoms with Crippen LogP contribution in [0.1, 0.15) is 42.1 Å². The number of rotatable bonds is 11. The molecule has 1 unspecified atom stereocenters. The van der Waals surface area contributed by atoms with Gasteiger partial charge >= 0.3 is 12.1 Å². The van der Waals surface area contributed by atoms with Gasteiger partial charge in [-0.15, -0.1) is 0 Å². The molecule has 8 nitrogen and oxygen atoms in total. The number of carboxylic acids is 1. The van der Waals surface area contributed by atoms with Crippen molar-refractivity contribution in [3.05, 3.63) is 83.8 Å². The lowest BCUT2D eigenvalue weighted by molar-refractivity contribution is -0.139. The summed E-state index contributed by atoms with van der Waals surface area (Å²) in [5, 5.41) is 14.7. The zero-order chi connectivity index (χ0) is 24.6. The van der Waals surface area contributed by atoms with Crippen LogP contribution in [0.3, 0.4) is 0 Å². The van der Waals surface area contributed by atoms with Gasteiger partial charge in [0.2, 0.25) is 5.91 Å². The van der Waals surface area contributed by atoms with E-state index >= 15 is 0 Å². The second-order valence-corrected chi connectivity index (χ2v) is 8.43. The first kappa shape index (κ1) is 24.1. The number of amides is 2. The second kappa shape index (κ2) is 11.4. The van der Waals surface area contributed by atoms with Gasteiger partial charge in [0, 0.05) is 25.3 Å². The number of hydrogen-bond acceptors (Lipinski definition) is 5. The molecule has 3 N–H and O–H groups in total. The Labute approximate surface area is 203 Å². The van der Waals surface area contributed by atoms with Crippen molar-refractivity contribution in [2.24, 2.45) is 0 Å². The number of carbonyl (C=O) groups excluding carboxylic acids is 2. The van der Waals surface area contributed by atoms with Gasteiger partial charge in [-0.25, -0.2) is 9.59 Å². The highest BCUT2D eigenvalue weighted by Crippen LogP contribution is 2.44. The minimum Gasteiger partial charge on any atom is -0.480 e. The molecule has 8 heteroatoms. The van der Waals surface area contributed by atoms with Gasteiger partial charge in [-0.1, -0.05) is 48.5 Å². The standard InChI is InChI=1S/C27H28N2O6/c30-25(14-13-18-7-6-16-34-18)28-15-5-12-24(26(31)32)29-27(33)35-17-23-21-10-3-1-8-19(21)20-9-2-4-11-22(20)23/h1-4,6-11,16,23-24H,5,12-15,17H2,(H,28,30)(H,29,33)(H,31,32). The van der Waals surface area contributed by atoms with Crippen LogP contribution in [0, 0.1) is 0 Å². The zero-order valence-electron chi connectivity index (χ0n) is 19.2. The molecule has 0 radical (unpaired) electrons. The molecule has 2 amide bonds. The minimum atomic E-state index is -1.15. The van der Waals surface area contributed by atoms with Gasteiger partial charge in [0.05, 0.1) is 6.26 Å². The number of alkyl carbamates (subject to hydrolysis) is 1. The van der Waals surface area contributed by atoms with Crippen LogP contribution < -0.4 is 10.6 Å². The molecule has 2 aromatic carbocycles. The summed E-state index contributed by atoms with van der Waals surface area (Å²) in [5.74, 6) is -0.661. The van der Waals surface area contributed by atoms with Crippen LogP contribution in [0.4, 0.5) is 4.79 Å². The van der Waals surface area contributed by atoms with E-state index < -0.39 is 18.1 Å². The Balaban J connectivity index is 1.22. The van der Waals surface area contributed by atoms with E-state index in [-0.39, 0.29) is 31.3 Å². The Morgan fingerprint density at radius 1 is 0.971 bits per heavy atom. The topological polar surface area (TPSA) is 118 Å². The highest BCUT2D eigenvalue weighted by Gasteiger charge is 2.29. The van der Waals surface area contributed by atoms with Crippen LogP contribution in [0.25, 0.3) is 11.1 Å². The number of aryl methyl sites for hydroxylation is 1. The quantitative estimate of drug-likeness (QED) is 0.359. The predicted octanol–water partition coefficient (Wildman–Crippen LogP) is 4.10. The number of carbonyl (C=O) groups is 3. The predicted molar refractivity (Wildman–Crippen MR) is 129 cm³/mol. The number of benzene rings is 2. The van der Waals surface area contributed by atoms with E-state index in [9.17, 15) is 19.5 Å². The molecule has 0 saturated heterocycles. The minimum absolute atomic E-state index is 0.104. The summed E-state index contributed by atoms with van der Waals surface area (Å²) in [6, 6.07) is 18.5. The number of ether oxygens (including phenoxy) is 1. The molecule has 0 spiro atoms. The van der Waals surface area contributed by atoms with E-state index in [1.54, 1.807) is 18.4 Å². The first-order valence-corrected chi connectivity index (χ1v) is 11.7. The maximum Gasteiger partial charge on any atom is 0.407 e. The van der Waals surface area contributed by atoms with Gasteiger partial charge in [-0.3, -0.25) is 4.79 Å². The lowest BCUT2D eigenvalue weighted by atomic mass is 9.98. The Bertz CT molecular complexity index is 1130. The fourth-order valence-corrected chi connectivity index (χ4v) is 4.35. The van der Waals surface area contributed by atoms with E-state index in [1.807, 2.05) is 48.5 Å². The number of furan rings is 1. The average Bonchev–Trinajstić information content (AvgIpc) is 3.49. The molecular formula is C27H28N2O6. The molecule has 1 aliphatic rings. The number of aliphatic carboxylic acids is 1. The lowest BCUT2D eigenvalue weighted by Gasteiger charge is -2.17. The fraction of sp³-hybridized carbons (Fsp3) is 0.296. The molecule has 0 bridgehead atoms. The summed E-state index contributed by atoms with van der Waals surface area (Å²) < 4.78 is 10.6. The summed E-state index contributed by atoms with van der Waals surface area (Å²) in [7, 11) is 0. The highest BCUT2D eigenvalue weighted by atomic mass is 16.5. The SMILES string of the molecule is O=C(CCc1ccco1)NCCCC(NC(=O)OCC1c2ccccc2-c2ccccc21)C(=O)O. The average molecular weight is 477 g/mol. The van der Waals surface area contributed by atoms with E-state index in [4.69, 9.17) is 9.15 Å². The maximum absolute atomic E-state index is 12.4. The van der Waals surface area contributed by atoms with Crippen molar-refractivity contribution in [2.75, 3.05) is 13.2 Å². The molecular weight excluding hydrogens is 448 g/mol. The largest absolute Gasteiger partial charge is 0.480 e. The molecule has 0 saturated carbocycles. The molecule has 0 fully saturated rings. The number of nitrogens with one attached hydrogen (secondary N) is 2. The first-order valence-electron chi connectivity index (χ1n) is 11.7. The van der Waals surface area contributed by atoms with Gasteiger partial charge in [-0.2, -0.15) is 0 Å². The first-order chi connectivity index (χ1) is 17.0. The summed E-state index contributed by atoms with van der Waals surface area (Å²) in [4.78, 5) is 35.9. The van der Waals surface area contributed by atoms with Crippen LogP contribution in [0.15, 0.2) is 71.3 Å². The summed E-state index contributed by atoms with van der Waals surface area (Å²) in [6.07, 6.45) is 2.13. The van der Waals surface area contributed by atoms with Crippen molar-refractivity contribution >= 4 is 18.0 Å². The molecule has 182 valence electrons. The Morgan fingerprint density at radius 2 is 1.66 bits per heavy atom. The Morgan fingerprint density at radius 3 is 2.29 bits per heavy atom. The Kier molecular flexibility index (Phi) is 7.82. The molecule has 1 atom stereocenters. The third-order valence-corrected chi connectivity index (χ3v) is 6.10. The van der Waals surface area contributed by atoms with Crippen LogP contribution in [-0.2, 0) is 20.7 Å². The molecule has 1 aromatic heterocycles. The summed E-state index contributed by atoms with van der Waals surface area (Å²) >= 11 is 0. The lowest BCUT2D eigenvalue weighted by Crippen LogP contribution is -2.42. The third-order valence-electron chi connectivity index (χ3n) is 6.10. The monoisotopic (exact) mass is 476 g/mol. The van der Waals surface area contributed by atoms with Crippen molar-refractivity contribution in [3.63, 3.8) is 0 Å². The third kappa shape index (κ3) is 6.09. The van der Waals surface area contributed by atoms with Crippen LogP contribution in [0.2, 0.25) is 0 Å². The maximum atomic E-state index is 12.4. The van der Waals surface area contributed by atoms with Crippen molar-refractivity contribution < 1.29 is 28.6 Å². The van der Waals surface area contributed by atoms with Crippen LogP contribution >= 0.6 is 0 Å². The number of fused-ring (bicyclic) bond motifs is 3. The van der Waals surface area contributed by atoms with E-state index in [0.29, 0.717) is 19.4 Å². The number of carboxylic acid groups (broad SMARTS) is 1. The van der Waals surface area contributed by atoms with Crippen molar-refractivity contribution in [1.82, 2.24) is 10.6 Å². The van der Waals surface area contributed by atoms with Crippen molar-refractivity contribution in [1.29, 1.82) is 0 Å². The van der Waals surface area contributed by atoms with Gasteiger partial charge < -0.3 is 24.9 Å². The molecule has 35 heavy (non-hydrogen) atoms. The van der Waals surface area contributed by atoms with E-state index in [1.165, 1.54) is 0 Å². The molecule has 4 rings (SSSR count). The van der Waals surface area contributed by atoms with Crippen LogP contribution in [-0.4, -0.2) is 42.3 Å². The molecule has 1 aliphatic carbocycles. The van der Waals surface area contributed by atoms with Gasteiger partial charge in [0.15, 0.2) is 0 Å². The molecule has 1 heterocycles. The fourth-order valence-electron chi connectivity index (χ4n) is 4.35. The summed E-state index contributed by atoms with van der Waals surface area (Å²) in [6.45, 7) is 0.422. The van der Waals surface area contributed by atoms with Crippen molar-refractivity contribution in [3.8, 4) is 11.1 Å².